The second-order valence-corrected chi connectivity index (χ2v) is 4.51. The summed E-state index contributed by atoms with van der Waals surface area (Å²) in [6.45, 7) is 4.54. The first kappa shape index (κ1) is 9.56. The predicted octanol–water partition coefficient (Wildman–Crippen LogP) is 2.17. The number of aromatic nitrogens is 2. The first-order valence-corrected chi connectivity index (χ1v) is 5.45. The molecule has 0 aromatic carbocycles. The molecule has 78 valence electrons. The number of H-pyrrole nitrogens is 1. The zero-order valence-corrected chi connectivity index (χ0v) is 8.86. The van der Waals surface area contributed by atoms with Crippen molar-refractivity contribution in [3.8, 4) is 0 Å². The zero-order valence-electron chi connectivity index (χ0n) is 8.86. The van der Waals surface area contributed by atoms with E-state index in [4.69, 9.17) is 0 Å². The second kappa shape index (κ2) is 3.64. The lowest BCUT2D eigenvalue weighted by atomic mass is 9.78. The fraction of sp³-hybridized carbons (Fsp3) is 0.727. The Morgan fingerprint density at radius 3 is 2.86 bits per heavy atom. The van der Waals surface area contributed by atoms with Gasteiger partial charge in [-0.2, -0.15) is 0 Å². The van der Waals surface area contributed by atoms with Crippen LogP contribution in [0.15, 0.2) is 17.2 Å². The Morgan fingerprint density at radius 1 is 1.43 bits per heavy atom. The van der Waals surface area contributed by atoms with Crippen LogP contribution in [0.5, 0.6) is 0 Å². The van der Waals surface area contributed by atoms with Crippen molar-refractivity contribution in [3.63, 3.8) is 0 Å². The van der Waals surface area contributed by atoms with Gasteiger partial charge >= 0.3 is 5.69 Å². The fourth-order valence-corrected chi connectivity index (χ4v) is 2.54. The van der Waals surface area contributed by atoms with Crippen molar-refractivity contribution in [1.29, 1.82) is 0 Å². The Bertz CT molecular complexity index is 352. The lowest BCUT2D eigenvalue weighted by molar-refractivity contribution is 0.183. The third-order valence-corrected chi connectivity index (χ3v) is 3.70. The maximum Gasteiger partial charge on any atom is 0.325 e. The lowest BCUT2D eigenvalue weighted by Gasteiger charge is -2.34. The van der Waals surface area contributed by atoms with Crippen LogP contribution in [0.2, 0.25) is 0 Å². The van der Waals surface area contributed by atoms with Crippen molar-refractivity contribution in [1.82, 2.24) is 9.55 Å². The van der Waals surface area contributed by atoms with Crippen molar-refractivity contribution in [2.75, 3.05) is 0 Å². The predicted molar refractivity (Wildman–Crippen MR) is 56.3 cm³/mol. The van der Waals surface area contributed by atoms with Gasteiger partial charge in [-0.05, 0) is 18.3 Å². The van der Waals surface area contributed by atoms with Gasteiger partial charge in [0.05, 0.1) is 0 Å². The van der Waals surface area contributed by atoms with E-state index in [1.54, 1.807) is 6.20 Å². The van der Waals surface area contributed by atoms with Gasteiger partial charge in [-0.1, -0.05) is 26.7 Å². The molecule has 2 rings (SSSR count). The van der Waals surface area contributed by atoms with E-state index >= 15 is 0 Å². The first-order chi connectivity index (χ1) is 6.70. The van der Waals surface area contributed by atoms with Crippen molar-refractivity contribution in [3.05, 3.63) is 22.9 Å². The number of aromatic amines is 1. The molecule has 1 heterocycles. The monoisotopic (exact) mass is 194 g/mol. The molecule has 0 aliphatic heterocycles. The van der Waals surface area contributed by atoms with E-state index in [0.29, 0.717) is 12.0 Å². The topological polar surface area (TPSA) is 37.8 Å². The van der Waals surface area contributed by atoms with Gasteiger partial charge in [0.25, 0.3) is 0 Å². The Morgan fingerprint density at radius 2 is 2.21 bits per heavy atom. The number of nitrogens with zero attached hydrogens (tertiary/aromatic N) is 1. The molecule has 1 aliphatic rings. The highest BCUT2D eigenvalue weighted by Gasteiger charge is 2.28. The highest BCUT2D eigenvalue weighted by atomic mass is 16.1. The fourth-order valence-electron chi connectivity index (χ4n) is 2.54. The highest BCUT2D eigenvalue weighted by molar-refractivity contribution is 4.87. The van der Waals surface area contributed by atoms with Gasteiger partial charge in [0.15, 0.2) is 0 Å². The molecule has 14 heavy (non-hydrogen) atoms. The number of hydrogen-bond acceptors (Lipinski definition) is 1. The quantitative estimate of drug-likeness (QED) is 0.731. The zero-order chi connectivity index (χ0) is 10.1. The molecular formula is C11H18N2O. The van der Waals surface area contributed by atoms with E-state index in [1.807, 2.05) is 10.8 Å². The molecule has 3 heteroatoms. The normalized spacial score (nSPS) is 33.1. The van der Waals surface area contributed by atoms with Gasteiger partial charge < -0.3 is 4.98 Å². The summed E-state index contributed by atoms with van der Waals surface area (Å²) in [7, 11) is 0. The van der Waals surface area contributed by atoms with E-state index in [1.165, 1.54) is 12.8 Å². The van der Waals surface area contributed by atoms with Crippen LogP contribution in [0, 0.1) is 11.8 Å². The third-order valence-electron chi connectivity index (χ3n) is 3.70. The van der Waals surface area contributed by atoms with Gasteiger partial charge in [-0.25, -0.2) is 4.79 Å². The highest BCUT2D eigenvalue weighted by Crippen LogP contribution is 2.36. The van der Waals surface area contributed by atoms with E-state index in [-0.39, 0.29) is 5.69 Å². The van der Waals surface area contributed by atoms with Crippen LogP contribution in [0.3, 0.4) is 0 Å². The summed E-state index contributed by atoms with van der Waals surface area (Å²) in [5.41, 5.74) is 0.0379. The molecule has 0 bridgehead atoms. The summed E-state index contributed by atoms with van der Waals surface area (Å²) in [4.78, 5) is 14.2. The molecule has 1 saturated carbocycles. The molecule has 3 atom stereocenters. The van der Waals surface area contributed by atoms with Gasteiger partial charge in [-0.3, -0.25) is 4.57 Å². The third kappa shape index (κ3) is 1.51. The van der Waals surface area contributed by atoms with Crippen LogP contribution in [-0.2, 0) is 0 Å². The summed E-state index contributed by atoms with van der Waals surface area (Å²) in [5, 5.41) is 0. The van der Waals surface area contributed by atoms with E-state index in [2.05, 4.69) is 18.8 Å². The molecule has 1 N–H and O–H groups in total. The molecule has 1 aliphatic carbocycles. The molecule has 3 unspecified atom stereocenters. The minimum Gasteiger partial charge on any atom is -0.313 e. The number of rotatable bonds is 1. The molecule has 0 amide bonds. The average molecular weight is 194 g/mol. The maximum absolute atomic E-state index is 11.5. The van der Waals surface area contributed by atoms with Crippen LogP contribution in [0.1, 0.15) is 39.2 Å². The standard InChI is InChI=1S/C11H18N2O/c1-8-4-3-5-10(9(8)2)13-7-6-12-11(13)14/h6-10H,3-5H2,1-2H3,(H,12,14). The summed E-state index contributed by atoms with van der Waals surface area (Å²) in [6.07, 6.45) is 7.30. The Labute approximate surface area is 84.1 Å². The first-order valence-electron chi connectivity index (χ1n) is 5.45. The molecule has 1 aromatic heterocycles. The lowest BCUT2D eigenvalue weighted by Crippen LogP contribution is -2.32. The van der Waals surface area contributed by atoms with Gasteiger partial charge in [0.2, 0.25) is 0 Å². The van der Waals surface area contributed by atoms with Crippen molar-refractivity contribution in [2.45, 2.75) is 39.2 Å². The van der Waals surface area contributed by atoms with E-state index < -0.39 is 0 Å². The molecule has 3 nitrogen and oxygen atoms in total. The number of hydrogen-bond donors (Lipinski definition) is 1. The molecule has 0 spiro atoms. The van der Waals surface area contributed by atoms with Crippen LogP contribution < -0.4 is 5.69 Å². The molecule has 1 aromatic rings. The number of imidazole rings is 1. The summed E-state index contributed by atoms with van der Waals surface area (Å²) < 4.78 is 1.86. The van der Waals surface area contributed by atoms with Gasteiger partial charge in [0.1, 0.15) is 0 Å². The smallest absolute Gasteiger partial charge is 0.313 e. The van der Waals surface area contributed by atoms with Crippen LogP contribution in [0.4, 0.5) is 0 Å². The molecule has 1 fully saturated rings. The molecule has 0 radical (unpaired) electrons. The Balaban J connectivity index is 2.26. The van der Waals surface area contributed by atoms with Gasteiger partial charge in [-0.15, -0.1) is 0 Å². The Hall–Kier alpha value is -0.990. The van der Waals surface area contributed by atoms with Crippen LogP contribution in [-0.4, -0.2) is 9.55 Å². The van der Waals surface area contributed by atoms with Crippen LogP contribution >= 0.6 is 0 Å². The molecule has 0 saturated heterocycles. The van der Waals surface area contributed by atoms with Crippen molar-refractivity contribution in [2.24, 2.45) is 11.8 Å². The molecular weight excluding hydrogens is 176 g/mol. The number of nitrogens with one attached hydrogen (secondary N) is 1. The van der Waals surface area contributed by atoms with Crippen molar-refractivity contribution < 1.29 is 0 Å². The van der Waals surface area contributed by atoms with E-state index in [9.17, 15) is 4.79 Å². The SMILES string of the molecule is CC1CCCC(n2cc[nH]c2=O)C1C. The van der Waals surface area contributed by atoms with E-state index in [0.717, 1.165) is 12.3 Å². The summed E-state index contributed by atoms with van der Waals surface area (Å²) >= 11 is 0. The summed E-state index contributed by atoms with van der Waals surface area (Å²) in [6, 6.07) is 0.400. The van der Waals surface area contributed by atoms with Crippen LogP contribution in [0.25, 0.3) is 0 Å². The summed E-state index contributed by atoms with van der Waals surface area (Å²) in [5.74, 6) is 1.34. The second-order valence-electron chi connectivity index (χ2n) is 4.51. The van der Waals surface area contributed by atoms with Gasteiger partial charge in [0, 0.05) is 18.4 Å². The minimum atomic E-state index is 0.0379. The maximum atomic E-state index is 11.5. The van der Waals surface area contributed by atoms with Crippen molar-refractivity contribution >= 4 is 0 Å². The minimum absolute atomic E-state index is 0.0379. The largest absolute Gasteiger partial charge is 0.325 e. The average Bonchev–Trinajstić information content (AvgIpc) is 2.57. The Kier molecular flexibility index (Phi) is 2.48.